The number of esters is 1. The van der Waals surface area contributed by atoms with E-state index in [0.717, 1.165) is 11.9 Å². The predicted octanol–water partition coefficient (Wildman–Crippen LogP) is 3.68. The number of carbonyl (C=O) groups is 2. The highest BCUT2D eigenvalue weighted by Crippen LogP contribution is 2.22. The van der Waals surface area contributed by atoms with Gasteiger partial charge >= 0.3 is 5.97 Å². The summed E-state index contributed by atoms with van der Waals surface area (Å²) in [6, 6.07) is 13.0. The Labute approximate surface area is 173 Å². The molecule has 0 aliphatic rings. The van der Waals surface area contributed by atoms with E-state index in [1.54, 1.807) is 36.6 Å². The molecule has 0 saturated heterocycles. The van der Waals surface area contributed by atoms with E-state index in [0.29, 0.717) is 16.9 Å². The van der Waals surface area contributed by atoms with E-state index in [-0.39, 0.29) is 16.3 Å². The van der Waals surface area contributed by atoms with Crippen molar-refractivity contribution >= 4 is 21.6 Å². The van der Waals surface area contributed by atoms with Gasteiger partial charge in [0.05, 0.1) is 10.5 Å². The van der Waals surface area contributed by atoms with Gasteiger partial charge in [0.25, 0.3) is 0 Å². The Morgan fingerprint density at radius 1 is 1.03 bits per heavy atom. The molecule has 30 heavy (non-hydrogen) atoms. The van der Waals surface area contributed by atoms with Crippen LogP contribution in [0.5, 0.6) is 0 Å². The van der Waals surface area contributed by atoms with E-state index in [9.17, 15) is 22.4 Å². The molecular formula is C22H20FNO5S. The van der Waals surface area contributed by atoms with Gasteiger partial charge in [-0.1, -0.05) is 6.07 Å². The van der Waals surface area contributed by atoms with Gasteiger partial charge in [0, 0.05) is 28.9 Å². The maximum Gasteiger partial charge on any atom is 0.338 e. The Morgan fingerprint density at radius 3 is 2.30 bits per heavy atom. The van der Waals surface area contributed by atoms with Crippen molar-refractivity contribution in [3.8, 4) is 5.69 Å². The van der Waals surface area contributed by atoms with E-state index < -0.39 is 28.2 Å². The van der Waals surface area contributed by atoms with Crippen molar-refractivity contribution in [3.63, 3.8) is 0 Å². The highest BCUT2D eigenvalue weighted by atomic mass is 32.2. The molecule has 0 radical (unpaired) electrons. The smallest absolute Gasteiger partial charge is 0.338 e. The van der Waals surface area contributed by atoms with Crippen LogP contribution in [-0.4, -0.2) is 37.6 Å². The van der Waals surface area contributed by atoms with Crippen molar-refractivity contribution in [2.24, 2.45) is 0 Å². The molecule has 156 valence electrons. The van der Waals surface area contributed by atoms with Crippen LogP contribution in [-0.2, 0) is 14.6 Å². The number of benzene rings is 2. The average Bonchev–Trinajstić information content (AvgIpc) is 2.99. The van der Waals surface area contributed by atoms with Gasteiger partial charge in [-0.3, -0.25) is 4.79 Å². The van der Waals surface area contributed by atoms with Gasteiger partial charge in [-0.05, 0) is 62.4 Å². The van der Waals surface area contributed by atoms with Gasteiger partial charge in [-0.15, -0.1) is 0 Å². The second kappa shape index (κ2) is 8.23. The summed E-state index contributed by atoms with van der Waals surface area (Å²) in [4.78, 5) is 24.9. The standard InChI is InChI=1S/C22H20FNO5S/c1-14-11-20(15(2)24(14)18-6-4-5-17(23)12-18)21(25)13-29-22(26)16-7-9-19(10-8-16)30(3,27)28/h4-12H,13H2,1-3H3. The summed E-state index contributed by atoms with van der Waals surface area (Å²) in [5, 5.41) is 0. The lowest BCUT2D eigenvalue weighted by atomic mass is 10.1. The summed E-state index contributed by atoms with van der Waals surface area (Å²) in [6.07, 6.45) is 1.07. The van der Waals surface area contributed by atoms with Crippen molar-refractivity contribution in [1.82, 2.24) is 4.57 Å². The van der Waals surface area contributed by atoms with Crippen molar-refractivity contribution in [3.05, 3.63) is 82.9 Å². The Hall–Kier alpha value is -3.26. The van der Waals surface area contributed by atoms with Crippen LogP contribution in [0.15, 0.2) is 59.5 Å². The molecule has 0 amide bonds. The summed E-state index contributed by atoms with van der Waals surface area (Å²) >= 11 is 0. The Balaban J connectivity index is 1.74. The third-order valence-electron chi connectivity index (χ3n) is 4.65. The maximum absolute atomic E-state index is 13.6. The third kappa shape index (κ3) is 4.49. The fraction of sp³-hybridized carbons (Fsp3) is 0.182. The van der Waals surface area contributed by atoms with E-state index in [4.69, 9.17) is 4.74 Å². The van der Waals surface area contributed by atoms with Crippen LogP contribution < -0.4 is 0 Å². The number of nitrogens with zero attached hydrogens (tertiary/aromatic N) is 1. The van der Waals surface area contributed by atoms with E-state index >= 15 is 0 Å². The molecule has 0 aliphatic heterocycles. The van der Waals surface area contributed by atoms with Crippen molar-refractivity contribution in [1.29, 1.82) is 0 Å². The molecule has 0 N–H and O–H groups in total. The quantitative estimate of drug-likeness (QED) is 0.441. The third-order valence-corrected chi connectivity index (χ3v) is 5.78. The number of halogens is 1. The Bertz CT molecular complexity index is 1230. The van der Waals surface area contributed by atoms with Crippen LogP contribution in [0.25, 0.3) is 5.69 Å². The first kappa shape index (κ1) is 21.4. The number of aryl methyl sites for hydroxylation is 1. The zero-order chi connectivity index (χ0) is 22.1. The zero-order valence-corrected chi connectivity index (χ0v) is 17.5. The maximum atomic E-state index is 13.6. The van der Waals surface area contributed by atoms with Crippen LogP contribution in [0.2, 0.25) is 0 Å². The Kier molecular flexibility index (Phi) is 5.89. The molecular weight excluding hydrogens is 409 g/mol. The number of Topliss-reactive ketones (excluding diaryl/α,β-unsaturated/α-hetero) is 1. The van der Waals surface area contributed by atoms with Gasteiger partial charge in [-0.2, -0.15) is 0 Å². The molecule has 0 saturated carbocycles. The molecule has 0 fully saturated rings. The normalized spacial score (nSPS) is 11.3. The summed E-state index contributed by atoms with van der Waals surface area (Å²) in [5.74, 6) is -1.52. The average molecular weight is 429 g/mol. The van der Waals surface area contributed by atoms with Crippen molar-refractivity contribution < 1.29 is 27.1 Å². The highest BCUT2D eigenvalue weighted by Gasteiger charge is 2.19. The first-order valence-electron chi connectivity index (χ1n) is 9.03. The van der Waals surface area contributed by atoms with Crippen LogP contribution in [0, 0.1) is 19.7 Å². The number of hydrogen-bond donors (Lipinski definition) is 0. The molecule has 0 atom stereocenters. The summed E-state index contributed by atoms with van der Waals surface area (Å²) in [5.41, 5.74) is 2.45. The number of ether oxygens (including phenoxy) is 1. The molecule has 1 heterocycles. The molecule has 0 unspecified atom stereocenters. The topological polar surface area (TPSA) is 82.4 Å². The minimum atomic E-state index is -3.37. The first-order chi connectivity index (χ1) is 14.1. The van der Waals surface area contributed by atoms with Crippen LogP contribution in [0.1, 0.15) is 32.1 Å². The van der Waals surface area contributed by atoms with E-state index in [1.807, 2.05) is 0 Å². The fourth-order valence-corrected chi connectivity index (χ4v) is 3.82. The second-order valence-electron chi connectivity index (χ2n) is 6.90. The van der Waals surface area contributed by atoms with Crippen LogP contribution in [0.4, 0.5) is 4.39 Å². The molecule has 3 rings (SSSR count). The lowest BCUT2D eigenvalue weighted by Crippen LogP contribution is -2.15. The first-order valence-corrected chi connectivity index (χ1v) is 10.9. The summed E-state index contributed by atoms with van der Waals surface area (Å²) in [6.45, 7) is 3.06. The summed E-state index contributed by atoms with van der Waals surface area (Å²) < 4.78 is 43.4. The monoisotopic (exact) mass is 429 g/mol. The van der Waals surface area contributed by atoms with Gasteiger partial charge in [0.1, 0.15) is 5.82 Å². The molecule has 2 aromatic carbocycles. The lowest BCUT2D eigenvalue weighted by Gasteiger charge is -2.10. The number of rotatable bonds is 6. The number of sulfone groups is 1. The molecule has 6 nitrogen and oxygen atoms in total. The van der Waals surface area contributed by atoms with E-state index in [2.05, 4.69) is 0 Å². The van der Waals surface area contributed by atoms with Gasteiger partial charge in [0.2, 0.25) is 5.78 Å². The fourth-order valence-electron chi connectivity index (χ4n) is 3.19. The van der Waals surface area contributed by atoms with Gasteiger partial charge < -0.3 is 9.30 Å². The zero-order valence-electron chi connectivity index (χ0n) is 16.7. The SMILES string of the molecule is Cc1cc(C(=O)COC(=O)c2ccc(S(C)(=O)=O)cc2)c(C)n1-c1cccc(F)c1. The number of hydrogen-bond acceptors (Lipinski definition) is 5. The number of ketones is 1. The molecule has 8 heteroatoms. The number of aromatic nitrogens is 1. The number of carbonyl (C=O) groups excluding carboxylic acids is 2. The van der Waals surface area contributed by atoms with Crippen LogP contribution in [0.3, 0.4) is 0 Å². The lowest BCUT2D eigenvalue weighted by molar-refractivity contribution is 0.0474. The second-order valence-corrected chi connectivity index (χ2v) is 8.91. The molecule has 1 aromatic heterocycles. The van der Waals surface area contributed by atoms with Crippen molar-refractivity contribution in [2.75, 3.05) is 12.9 Å². The molecule has 3 aromatic rings. The van der Waals surface area contributed by atoms with Crippen molar-refractivity contribution in [2.45, 2.75) is 18.7 Å². The largest absolute Gasteiger partial charge is 0.454 e. The predicted molar refractivity (Wildman–Crippen MR) is 109 cm³/mol. The highest BCUT2D eigenvalue weighted by molar-refractivity contribution is 7.90. The van der Waals surface area contributed by atoms with E-state index in [1.165, 1.54) is 36.4 Å². The molecule has 0 bridgehead atoms. The van der Waals surface area contributed by atoms with Gasteiger partial charge in [0.15, 0.2) is 16.4 Å². The van der Waals surface area contributed by atoms with Crippen LogP contribution >= 0.6 is 0 Å². The minimum absolute atomic E-state index is 0.0833. The summed E-state index contributed by atoms with van der Waals surface area (Å²) in [7, 11) is -3.37. The minimum Gasteiger partial charge on any atom is -0.454 e. The van der Waals surface area contributed by atoms with Gasteiger partial charge in [-0.25, -0.2) is 17.6 Å². The molecule has 0 spiro atoms. The molecule has 0 aliphatic carbocycles. The Morgan fingerprint density at radius 2 is 1.70 bits per heavy atom.